The zero-order valence-electron chi connectivity index (χ0n) is 8.71. The summed E-state index contributed by atoms with van der Waals surface area (Å²) in [5.41, 5.74) is 6.86. The minimum absolute atomic E-state index is 0.319. The van der Waals surface area contributed by atoms with E-state index in [9.17, 15) is 0 Å². The van der Waals surface area contributed by atoms with Crippen molar-refractivity contribution in [3.05, 3.63) is 41.9 Å². The van der Waals surface area contributed by atoms with Crippen LogP contribution >= 0.6 is 0 Å². The van der Waals surface area contributed by atoms with Crippen molar-refractivity contribution in [2.45, 2.75) is 0 Å². The number of rotatable bonds is 2. The van der Waals surface area contributed by atoms with E-state index in [1.165, 1.54) is 10.9 Å². The maximum Gasteiger partial charge on any atom is 0.247 e. The van der Waals surface area contributed by atoms with E-state index in [1.54, 1.807) is 7.11 Å². The molecule has 80 valence electrons. The van der Waals surface area contributed by atoms with Crippen molar-refractivity contribution in [3.8, 4) is 11.4 Å². The molecule has 0 aliphatic carbocycles. The van der Waals surface area contributed by atoms with Crippen LogP contribution in [0.2, 0.25) is 0 Å². The largest absolute Gasteiger partial charge is 0.494 e. The van der Waals surface area contributed by atoms with E-state index < -0.39 is 0 Å². The molecule has 0 saturated heterocycles. The van der Waals surface area contributed by atoms with Gasteiger partial charge in [-0.05, 0) is 12.1 Å². The Hall–Kier alpha value is -2.48. The van der Waals surface area contributed by atoms with Crippen molar-refractivity contribution in [1.82, 2.24) is 9.78 Å². The van der Waals surface area contributed by atoms with Crippen LogP contribution in [-0.2, 0) is 0 Å². The van der Waals surface area contributed by atoms with Gasteiger partial charge < -0.3 is 10.5 Å². The summed E-state index contributed by atoms with van der Waals surface area (Å²) in [6.45, 7) is 6.92. The first-order valence-electron chi connectivity index (χ1n) is 4.62. The summed E-state index contributed by atoms with van der Waals surface area (Å²) in [6.07, 6.45) is 1.44. The lowest BCUT2D eigenvalue weighted by molar-refractivity contribution is 0.412. The summed E-state index contributed by atoms with van der Waals surface area (Å²) in [5, 5.41) is 4.06. The summed E-state index contributed by atoms with van der Waals surface area (Å²) in [7, 11) is 1.58. The van der Waals surface area contributed by atoms with Gasteiger partial charge in [-0.25, -0.2) is 9.53 Å². The number of nitrogens with two attached hydrogens (primary N) is 1. The van der Waals surface area contributed by atoms with Crippen LogP contribution in [0.5, 0.6) is 5.75 Å². The Kier molecular flexibility index (Phi) is 2.48. The Labute approximate surface area is 92.9 Å². The standard InChI is InChI=1S/C11H10N4O/c1-13-8-7-14-15(11(8)12)9-5-3-4-6-10(9)16-2/h3-7H,12H2,2H3. The van der Waals surface area contributed by atoms with E-state index in [2.05, 4.69) is 9.94 Å². The van der Waals surface area contributed by atoms with Crippen LogP contribution in [0.15, 0.2) is 30.5 Å². The highest BCUT2D eigenvalue weighted by molar-refractivity contribution is 5.66. The second kappa shape index (κ2) is 3.95. The van der Waals surface area contributed by atoms with Crippen molar-refractivity contribution in [1.29, 1.82) is 0 Å². The van der Waals surface area contributed by atoms with Crippen molar-refractivity contribution in [3.63, 3.8) is 0 Å². The molecule has 2 N–H and O–H groups in total. The Morgan fingerprint density at radius 2 is 2.19 bits per heavy atom. The Balaban J connectivity index is 2.59. The third-order valence-electron chi connectivity index (χ3n) is 2.22. The van der Waals surface area contributed by atoms with Gasteiger partial charge in [-0.15, -0.1) is 0 Å². The molecule has 0 bridgehead atoms. The molecule has 0 radical (unpaired) electrons. The summed E-state index contributed by atoms with van der Waals surface area (Å²) in [6, 6.07) is 7.36. The first-order valence-corrected chi connectivity index (χ1v) is 4.62. The number of nitrogen functional groups attached to an aromatic ring is 1. The van der Waals surface area contributed by atoms with Crippen LogP contribution in [0.3, 0.4) is 0 Å². The second-order valence-electron chi connectivity index (χ2n) is 3.11. The van der Waals surface area contributed by atoms with Gasteiger partial charge in [0.25, 0.3) is 0 Å². The number of hydrogen-bond acceptors (Lipinski definition) is 3. The van der Waals surface area contributed by atoms with Gasteiger partial charge >= 0.3 is 0 Å². The van der Waals surface area contributed by atoms with Gasteiger partial charge in [0.15, 0.2) is 0 Å². The molecule has 0 fully saturated rings. The first kappa shape index (κ1) is 10.1. The van der Waals surface area contributed by atoms with E-state index in [4.69, 9.17) is 17.0 Å². The molecule has 1 aromatic heterocycles. The molecule has 0 atom stereocenters. The van der Waals surface area contributed by atoms with Crippen molar-refractivity contribution in [2.24, 2.45) is 0 Å². The van der Waals surface area contributed by atoms with Gasteiger partial charge in [-0.2, -0.15) is 5.10 Å². The van der Waals surface area contributed by atoms with Crippen molar-refractivity contribution < 1.29 is 4.74 Å². The number of hydrogen-bond donors (Lipinski definition) is 1. The zero-order chi connectivity index (χ0) is 11.5. The molecule has 0 spiro atoms. The molecule has 2 aromatic rings. The van der Waals surface area contributed by atoms with E-state index >= 15 is 0 Å². The molecule has 5 nitrogen and oxygen atoms in total. The Bertz CT molecular complexity index is 553. The van der Waals surface area contributed by atoms with Gasteiger partial charge in [-0.1, -0.05) is 12.1 Å². The Morgan fingerprint density at radius 1 is 1.44 bits per heavy atom. The normalized spacial score (nSPS) is 9.75. The third-order valence-corrected chi connectivity index (χ3v) is 2.22. The van der Waals surface area contributed by atoms with E-state index in [-0.39, 0.29) is 0 Å². The quantitative estimate of drug-likeness (QED) is 0.778. The van der Waals surface area contributed by atoms with Crippen LogP contribution in [0.25, 0.3) is 10.5 Å². The van der Waals surface area contributed by atoms with Gasteiger partial charge in [0.1, 0.15) is 17.3 Å². The van der Waals surface area contributed by atoms with Crippen LogP contribution in [0.1, 0.15) is 0 Å². The van der Waals surface area contributed by atoms with Crippen LogP contribution in [0, 0.1) is 6.57 Å². The van der Waals surface area contributed by atoms with E-state index in [1.807, 2.05) is 24.3 Å². The predicted molar refractivity (Wildman–Crippen MR) is 60.8 cm³/mol. The lowest BCUT2D eigenvalue weighted by Gasteiger charge is -2.09. The van der Waals surface area contributed by atoms with Gasteiger partial charge in [-0.3, -0.25) is 0 Å². The predicted octanol–water partition coefficient (Wildman–Crippen LogP) is 2.01. The number of para-hydroxylation sites is 2. The monoisotopic (exact) mass is 214 g/mol. The van der Waals surface area contributed by atoms with Gasteiger partial charge in [0.2, 0.25) is 5.69 Å². The maximum absolute atomic E-state index is 6.92. The SMILES string of the molecule is [C-]#[N+]c1cnn(-c2ccccc2OC)c1N. The molecule has 1 heterocycles. The highest BCUT2D eigenvalue weighted by atomic mass is 16.5. The number of ether oxygens (including phenoxy) is 1. The molecule has 0 unspecified atom stereocenters. The lowest BCUT2D eigenvalue weighted by Crippen LogP contribution is -2.03. The molecule has 1 aromatic carbocycles. The zero-order valence-corrected chi connectivity index (χ0v) is 8.71. The fourth-order valence-electron chi connectivity index (χ4n) is 1.43. The average Bonchev–Trinajstić information content (AvgIpc) is 2.70. The fraction of sp³-hybridized carbons (Fsp3) is 0.0909. The topological polar surface area (TPSA) is 57.4 Å². The fourth-order valence-corrected chi connectivity index (χ4v) is 1.43. The lowest BCUT2D eigenvalue weighted by atomic mass is 10.3. The van der Waals surface area contributed by atoms with Crippen molar-refractivity contribution >= 4 is 11.5 Å². The van der Waals surface area contributed by atoms with E-state index in [0.717, 1.165) is 5.69 Å². The summed E-state index contributed by atoms with van der Waals surface area (Å²) >= 11 is 0. The summed E-state index contributed by atoms with van der Waals surface area (Å²) in [5.74, 6) is 0.980. The van der Waals surface area contributed by atoms with Gasteiger partial charge in [0.05, 0.1) is 19.9 Å². The van der Waals surface area contributed by atoms with Crippen LogP contribution < -0.4 is 10.5 Å². The Morgan fingerprint density at radius 3 is 2.81 bits per heavy atom. The average molecular weight is 214 g/mol. The molecule has 0 aliphatic rings. The molecule has 0 aliphatic heterocycles. The number of nitrogens with zero attached hydrogens (tertiary/aromatic N) is 3. The molecule has 0 amide bonds. The molecular formula is C11H10N4O. The number of aromatic nitrogens is 2. The molecule has 5 heteroatoms. The minimum Gasteiger partial charge on any atom is -0.494 e. The summed E-state index contributed by atoms with van der Waals surface area (Å²) < 4.78 is 6.70. The van der Waals surface area contributed by atoms with Crippen LogP contribution in [-0.4, -0.2) is 16.9 Å². The molecular weight excluding hydrogens is 204 g/mol. The molecule has 16 heavy (non-hydrogen) atoms. The smallest absolute Gasteiger partial charge is 0.247 e. The van der Waals surface area contributed by atoms with E-state index in [0.29, 0.717) is 17.3 Å². The van der Waals surface area contributed by atoms with Crippen LogP contribution in [0.4, 0.5) is 11.5 Å². The highest BCUT2D eigenvalue weighted by Crippen LogP contribution is 2.28. The first-order chi connectivity index (χ1) is 7.77. The maximum atomic E-state index is 6.92. The minimum atomic E-state index is 0.319. The van der Waals surface area contributed by atoms with Crippen molar-refractivity contribution in [2.75, 3.05) is 12.8 Å². The second-order valence-corrected chi connectivity index (χ2v) is 3.11. The summed E-state index contributed by atoms with van der Waals surface area (Å²) in [4.78, 5) is 3.27. The number of methoxy groups -OCH3 is 1. The molecule has 0 saturated carbocycles. The number of benzene rings is 1. The van der Waals surface area contributed by atoms with Gasteiger partial charge in [0, 0.05) is 0 Å². The number of anilines is 1. The third kappa shape index (κ3) is 1.46. The highest BCUT2D eigenvalue weighted by Gasteiger charge is 2.11. The molecule has 2 rings (SSSR count).